The Morgan fingerprint density at radius 2 is 1.65 bits per heavy atom. The van der Waals surface area contributed by atoms with Crippen molar-refractivity contribution in [2.45, 2.75) is 71.1 Å². The second-order valence-electron chi connectivity index (χ2n) is 10.8. The van der Waals surface area contributed by atoms with E-state index in [1.165, 1.54) is 0 Å². The van der Waals surface area contributed by atoms with Gasteiger partial charge < -0.3 is 19.1 Å². The summed E-state index contributed by atoms with van der Waals surface area (Å²) in [5.74, 6) is 0.788. The maximum Gasteiger partial charge on any atom is 0.410 e. The summed E-state index contributed by atoms with van der Waals surface area (Å²) in [5.41, 5.74) is 0.891. The molecule has 40 heavy (non-hydrogen) atoms. The molecule has 1 aromatic heterocycles. The lowest BCUT2D eigenvalue weighted by Gasteiger charge is -2.35. The molecule has 2 aromatic carbocycles. The van der Waals surface area contributed by atoms with Crippen LogP contribution in [0, 0.1) is 11.3 Å². The van der Waals surface area contributed by atoms with Crippen molar-refractivity contribution in [1.82, 2.24) is 14.7 Å². The van der Waals surface area contributed by atoms with Crippen LogP contribution >= 0.6 is 0 Å². The van der Waals surface area contributed by atoms with Crippen LogP contribution in [0.5, 0.6) is 11.5 Å². The number of rotatable bonds is 7. The minimum Gasteiger partial charge on any atom is -0.461 e. The van der Waals surface area contributed by atoms with Gasteiger partial charge in [0.25, 0.3) is 0 Å². The lowest BCUT2D eigenvalue weighted by Crippen LogP contribution is -2.42. The zero-order chi connectivity index (χ0) is 28.9. The number of nitrogens with zero attached hydrogens (tertiary/aromatic N) is 4. The largest absolute Gasteiger partial charge is 0.461 e. The third kappa shape index (κ3) is 6.63. The topological polar surface area (TPSA) is 107 Å². The number of carbonyl (C=O) groups is 2. The van der Waals surface area contributed by atoms with E-state index in [1.807, 2.05) is 75.4 Å². The molecule has 1 aliphatic rings. The third-order valence-corrected chi connectivity index (χ3v) is 6.84. The molecule has 0 radical (unpaired) electrons. The first-order valence-corrected chi connectivity index (χ1v) is 13.6. The minimum atomic E-state index is -0.574. The number of amides is 1. The molecular weight excluding hydrogens is 508 g/mol. The summed E-state index contributed by atoms with van der Waals surface area (Å²) in [6.45, 7) is 7.45. The van der Waals surface area contributed by atoms with Crippen molar-refractivity contribution >= 4 is 12.1 Å². The highest BCUT2D eigenvalue weighted by molar-refractivity contribution is 5.93. The summed E-state index contributed by atoms with van der Waals surface area (Å²) in [4.78, 5) is 27.3. The number of hydrogen-bond donors (Lipinski definition) is 0. The fourth-order valence-electron chi connectivity index (χ4n) is 4.88. The van der Waals surface area contributed by atoms with E-state index >= 15 is 0 Å². The van der Waals surface area contributed by atoms with E-state index in [2.05, 4.69) is 6.07 Å². The molecule has 1 amide bonds. The van der Waals surface area contributed by atoms with Crippen LogP contribution in [-0.2, 0) is 9.47 Å². The molecule has 0 unspecified atom stereocenters. The minimum absolute atomic E-state index is 0.0137. The maximum atomic E-state index is 13.1. The molecule has 1 saturated carbocycles. The lowest BCUT2D eigenvalue weighted by molar-refractivity contribution is 0.0172. The summed E-state index contributed by atoms with van der Waals surface area (Å²) >= 11 is 0. The van der Waals surface area contributed by atoms with Crippen molar-refractivity contribution < 1.29 is 23.8 Å². The molecule has 1 heterocycles. The van der Waals surface area contributed by atoms with Crippen LogP contribution in [0.15, 0.2) is 54.6 Å². The maximum absolute atomic E-state index is 13.1. The standard InChI is InChI=1S/C31H36N4O5/c1-6-38-29(36)28-26(20-32)27(21-12-18-25(19-13-21)39-24-10-8-7-9-11-24)33-35(28)23-16-14-22(15-17-23)34(5)30(37)40-31(2,3)4/h7-13,18-19,22-23H,6,14-17H2,1-5H3. The van der Waals surface area contributed by atoms with Gasteiger partial charge in [-0.05, 0) is 89.8 Å². The van der Waals surface area contributed by atoms with Crippen LogP contribution in [0.3, 0.4) is 0 Å². The van der Waals surface area contributed by atoms with E-state index in [0.29, 0.717) is 42.7 Å². The predicted octanol–water partition coefficient (Wildman–Crippen LogP) is 6.74. The van der Waals surface area contributed by atoms with E-state index in [0.717, 1.165) is 5.75 Å². The van der Waals surface area contributed by atoms with Crippen LogP contribution in [0.25, 0.3) is 11.3 Å². The molecule has 0 N–H and O–H groups in total. The van der Waals surface area contributed by atoms with Gasteiger partial charge in [-0.1, -0.05) is 18.2 Å². The highest BCUT2D eigenvalue weighted by atomic mass is 16.6. The molecule has 1 aliphatic carbocycles. The van der Waals surface area contributed by atoms with Gasteiger partial charge in [0, 0.05) is 18.7 Å². The van der Waals surface area contributed by atoms with Crippen LogP contribution in [0.1, 0.15) is 75.5 Å². The van der Waals surface area contributed by atoms with E-state index < -0.39 is 11.6 Å². The normalized spacial score (nSPS) is 17.0. The SMILES string of the molecule is CCOC(=O)c1c(C#N)c(-c2ccc(Oc3ccccc3)cc2)nn1C1CCC(N(C)C(=O)OC(C)(C)C)CC1. The zero-order valence-electron chi connectivity index (χ0n) is 23.7. The fourth-order valence-corrected chi connectivity index (χ4v) is 4.88. The van der Waals surface area contributed by atoms with E-state index in [-0.39, 0.29) is 36.0 Å². The van der Waals surface area contributed by atoms with Crippen molar-refractivity contribution in [2.24, 2.45) is 0 Å². The summed E-state index contributed by atoms with van der Waals surface area (Å²) in [6.07, 6.45) is 2.44. The Balaban J connectivity index is 1.58. The molecule has 9 nitrogen and oxygen atoms in total. The van der Waals surface area contributed by atoms with Gasteiger partial charge in [-0.2, -0.15) is 10.4 Å². The van der Waals surface area contributed by atoms with E-state index in [4.69, 9.17) is 19.3 Å². The Kier molecular flexibility index (Phi) is 8.78. The highest BCUT2D eigenvalue weighted by Gasteiger charge is 2.34. The van der Waals surface area contributed by atoms with Gasteiger partial charge in [-0.3, -0.25) is 4.68 Å². The van der Waals surface area contributed by atoms with Gasteiger partial charge in [-0.25, -0.2) is 9.59 Å². The first-order valence-electron chi connectivity index (χ1n) is 13.6. The number of ether oxygens (including phenoxy) is 3. The predicted molar refractivity (Wildman–Crippen MR) is 150 cm³/mol. The Bertz CT molecular complexity index is 1360. The number of hydrogen-bond acceptors (Lipinski definition) is 7. The Hall–Kier alpha value is -4.32. The second kappa shape index (κ2) is 12.2. The van der Waals surface area contributed by atoms with Crippen LogP contribution < -0.4 is 4.74 Å². The Morgan fingerprint density at radius 1 is 1.02 bits per heavy atom. The van der Waals surface area contributed by atoms with Crippen molar-refractivity contribution in [2.75, 3.05) is 13.7 Å². The van der Waals surface area contributed by atoms with Crippen LogP contribution in [0.4, 0.5) is 4.79 Å². The third-order valence-electron chi connectivity index (χ3n) is 6.84. The molecule has 0 aliphatic heterocycles. The summed E-state index contributed by atoms with van der Waals surface area (Å²) in [5, 5.41) is 14.9. The zero-order valence-corrected chi connectivity index (χ0v) is 23.7. The molecule has 9 heteroatoms. The highest BCUT2D eigenvalue weighted by Crippen LogP contribution is 2.36. The van der Waals surface area contributed by atoms with E-state index in [1.54, 1.807) is 23.6 Å². The van der Waals surface area contributed by atoms with Gasteiger partial charge >= 0.3 is 12.1 Å². The number of esters is 1. The fraction of sp³-hybridized carbons (Fsp3) is 0.419. The quantitative estimate of drug-likeness (QED) is 0.303. The van der Waals surface area contributed by atoms with Crippen LogP contribution in [-0.4, -0.2) is 52.0 Å². The van der Waals surface area contributed by atoms with Crippen molar-refractivity contribution in [3.8, 4) is 28.8 Å². The number of para-hydroxylation sites is 1. The molecule has 3 aromatic rings. The molecule has 0 saturated heterocycles. The average Bonchev–Trinajstić information content (AvgIpc) is 3.33. The molecule has 4 rings (SSSR count). The van der Waals surface area contributed by atoms with Crippen molar-refractivity contribution in [3.63, 3.8) is 0 Å². The molecule has 1 fully saturated rings. The number of benzene rings is 2. The molecular formula is C31H36N4O5. The second-order valence-corrected chi connectivity index (χ2v) is 10.8. The van der Waals surface area contributed by atoms with Gasteiger partial charge in [-0.15, -0.1) is 0 Å². The summed E-state index contributed by atoms with van der Waals surface area (Å²) < 4.78 is 18.4. The van der Waals surface area contributed by atoms with Gasteiger partial charge in [0.1, 0.15) is 34.4 Å². The average molecular weight is 545 g/mol. The number of aromatic nitrogens is 2. The molecule has 0 spiro atoms. The first kappa shape index (κ1) is 28.7. The Labute approximate surface area is 235 Å². The monoisotopic (exact) mass is 544 g/mol. The Morgan fingerprint density at radius 3 is 2.23 bits per heavy atom. The van der Waals surface area contributed by atoms with Crippen molar-refractivity contribution in [1.29, 1.82) is 5.26 Å². The number of carbonyl (C=O) groups excluding carboxylic acids is 2. The molecule has 0 atom stereocenters. The molecule has 210 valence electrons. The van der Waals surface area contributed by atoms with Crippen molar-refractivity contribution in [3.05, 3.63) is 65.9 Å². The smallest absolute Gasteiger partial charge is 0.410 e. The van der Waals surface area contributed by atoms with Gasteiger partial charge in [0.05, 0.1) is 12.6 Å². The van der Waals surface area contributed by atoms with Gasteiger partial charge in [0.15, 0.2) is 5.69 Å². The van der Waals surface area contributed by atoms with Gasteiger partial charge in [0.2, 0.25) is 0 Å². The first-order chi connectivity index (χ1) is 19.1. The van der Waals surface area contributed by atoms with Crippen LogP contribution in [0.2, 0.25) is 0 Å². The number of nitriles is 1. The van der Waals surface area contributed by atoms with E-state index in [9.17, 15) is 14.9 Å². The summed E-state index contributed by atoms with van der Waals surface area (Å²) in [6, 6.07) is 18.8. The lowest BCUT2D eigenvalue weighted by atomic mass is 9.90. The molecule has 0 bridgehead atoms. The summed E-state index contributed by atoms with van der Waals surface area (Å²) in [7, 11) is 1.76.